The summed E-state index contributed by atoms with van der Waals surface area (Å²) in [6, 6.07) is 6.30. The third kappa shape index (κ3) is 2.39. The summed E-state index contributed by atoms with van der Waals surface area (Å²) in [6.45, 7) is 5.84. The largest absolute Gasteiger partial charge is 0.384 e. The van der Waals surface area contributed by atoms with Crippen LogP contribution in [-0.4, -0.2) is 18.1 Å². The zero-order valence-electron chi connectivity index (χ0n) is 10.5. The summed E-state index contributed by atoms with van der Waals surface area (Å²) in [5, 5.41) is 4.66. The van der Waals surface area contributed by atoms with Gasteiger partial charge in [-0.05, 0) is 44.0 Å². The Morgan fingerprint density at radius 1 is 1.18 bits per heavy atom. The first-order valence-electron chi connectivity index (χ1n) is 6.03. The maximum absolute atomic E-state index is 5.51. The van der Waals surface area contributed by atoms with Crippen molar-refractivity contribution < 1.29 is 0 Å². The molecule has 0 fully saturated rings. The number of nitrogens with two attached hydrogens (primary N) is 1. The number of fused-ring (bicyclic) bond motifs is 1. The van der Waals surface area contributed by atoms with Crippen molar-refractivity contribution in [3.63, 3.8) is 0 Å². The van der Waals surface area contributed by atoms with Gasteiger partial charge in [-0.15, -0.1) is 0 Å². The summed E-state index contributed by atoms with van der Waals surface area (Å²) in [5.41, 5.74) is 10.2. The minimum atomic E-state index is 0.716. The molecule has 3 nitrogen and oxygen atoms in total. The molecule has 17 heavy (non-hydrogen) atoms. The van der Waals surface area contributed by atoms with Gasteiger partial charge in [0.05, 0.1) is 5.52 Å². The summed E-state index contributed by atoms with van der Waals surface area (Å²) in [4.78, 5) is 4.47. The summed E-state index contributed by atoms with van der Waals surface area (Å²) in [6.07, 6.45) is 2.84. The van der Waals surface area contributed by atoms with Crippen LogP contribution in [0.1, 0.15) is 17.5 Å². The first-order chi connectivity index (χ1) is 8.24. The molecule has 0 spiro atoms. The number of rotatable bonds is 4. The summed E-state index contributed by atoms with van der Waals surface area (Å²) < 4.78 is 0. The second-order valence-electron chi connectivity index (χ2n) is 4.35. The van der Waals surface area contributed by atoms with E-state index in [1.54, 1.807) is 0 Å². The van der Waals surface area contributed by atoms with Gasteiger partial charge >= 0.3 is 0 Å². The van der Waals surface area contributed by atoms with Gasteiger partial charge in [0, 0.05) is 23.8 Å². The molecule has 0 bridgehead atoms. The molecule has 0 atom stereocenters. The van der Waals surface area contributed by atoms with Gasteiger partial charge in [-0.25, -0.2) is 0 Å². The van der Waals surface area contributed by atoms with E-state index in [1.165, 1.54) is 16.5 Å². The van der Waals surface area contributed by atoms with Crippen molar-refractivity contribution in [2.75, 3.05) is 18.4 Å². The van der Waals surface area contributed by atoms with E-state index in [9.17, 15) is 0 Å². The van der Waals surface area contributed by atoms with Crippen LogP contribution >= 0.6 is 0 Å². The number of nitrogens with one attached hydrogen (secondary N) is 1. The molecule has 0 radical (unpaired) electrons. The molecule has 1 aromatic heterocycles. The van der Waals surface area contributed by atoms with Gasteiger partial charge in [-0.1, -0.05) is 12.1 Å². The second kappa shape index (κ2) is 5.15. The molecule has 90 valence electrons. The fraction of sp³-hybridized carbons (Fsp3) is 0.357. The Bertz CT molecular complexity index is 520. The lowest BCUT2D eigenvalue weighted by molar-refractivity contribution is 0.875. The average Bonchev–Trinajstić information content (AvgIpc) is 2.34. The van der Waals surface area contributed by atoms with Crippen LogP contribution in [0.15, 0.2) is 24.4 Å². The highest BCUT2D eigenvalue weighted by Gasteiger charge is 2.06. The number of hydrogen-bond donors (Lipinski definition) is 2. The molecule has 0 unspecified atom stereocenters. The van der Waals surface area contributed by atoms with Crippen molar-refractivity contribution in [3.05, 3.63) is 35.5 Å². The Hall–Kier alpha value is -1.61. The minimum Gasteiger partial charge on any atom is -0.384 e. The molecule has 3 heteroatoms. The second-order valence-corrected chi connectivity index (χ2v) is 4.35. The minimum absolute atomic E-state index is 0.716. The smallest absolute Gasteiger partial charge is 0.0754 e. The van der Waals surface area contributed by atoms with Gasteiger partial charge in [-0.2, -0.15) is 0 Å². The third-order valence-electron chi connectivity index (χ3n) is 3.00. The Kier molecular flexibility index (Phi) is 3.59. The lowest BCUT2D eigenvalue weighted by Gasteiger charge is -2.12. The topological polar surface area (TPSA) is 50.9 Å². The van der Waals surface area contributed by atoms with Gasteiger partial charge in [0.15, 0.2) is 0 Å². The van der Waals surface area contributed by atoms with Crippen LogP contribution in [0.4, 0.5) is 5.69 Å². The van der Waals surface area contributed by atoms with Crippen LogP contribution in [-0.2, 0) is 0 Å². The summed E-state index contributed by atoms with van der Waals surface area (Å²) in [7, 11) is 0. The molecular formula is C14H19N3. The van der Waals surface area contributed by atoms with Gasteiger partial charge in [0.25, 0.3) is 0 Å². The predicted octanol–water partition coefficient (Wildman–Crippen LogP) is 2.61. The number of hydrogen-bond acceptors (Lipinski definition) is 3. The molecule has 3 N–H and O–H groups in total. The van der Waals surface area contributed by atoms with Crippen LogP contribution in [0.2, 0.25) is 0 Å². The van der Waals surface area contributed by atoms with Crippen LogP contribution < -0.4 is 11.1 Å². The first-order valence-corrected chi connectivity index (χ1v) is 6.03. The Morgan fingerprint density at radius 3 is 2.71 bits per heavy atom. The Balaban J connectivity index is 2.45. The normalized spacial score (nSPS) is 10.8. The number of anilines is 1. The maximum Gasteiger partial charge on any atom is 0.0754 e. The Morgan fingerprint density at radius 2 is 1.94 bits per heavy atom. The highest BCUT2D eigenvalue weighted by molar-refractivity contribution is 5.95. The van der Waals surface area contributed by atoms with Crippen LogP contribution in [0.3, 0.4) is 0 Å². The van der Waals surface area contributed by atoms with Gasteiger partial charge in [0.1, 0.15) is 0 Å². The van der Waals surface area contributed by atoms with Crippen LogP contribution in [0.5, 0.6) is 0 Å². The molecule has 0 amide bonds. The highest BCUT2D eigenvalue weighted by Crippen LogP contribution is 2.27. The summed E-state index contributed by atoms with van der Waals surface area (Å²) in [5.74, 6) is 0. The number of aryl methyl sites for hydroxylation is 2. The van der Waals surface area contributed by atoms with E-state index in [0.717, 1.165) is 24.2 Å². The van der Waals surface area contributed by atoms with E-state index in [1.807, 2.05) is 12.3 Å². The van der Waals surface area contributed by atoms with E-state index < -0.39 is 0 Å². The SMILES string of the molecule is Cc1ccc(C)c2c(NCCCN)ccnc12. The van der Waals surface area contributed by atoms with Crippen molar-refractivity contribution in [2.24, 2.45) is 5.73 Å². The molecule has 1 aromatic carbocycles. The molecular weight excluding hydrogens is 210 g/mol. The predicted molar refractivity (Wildman–Crippen MR) is 73.4 cm³/mol. The van der Waals surface area contributed by atoms with Crippen molar-refractivity contribution in [2.45, 2.75) is 20.3 Å². The van der Waals surface area contributed by atoms with Gasteiger partial charge in [0.2, 0.25) is 0 Å². The molecule has 0 aliphatic heterocycles. The van der Waals surface area contributed by atoms with Gasteiger partial charge < -0.3 is 11.1 Å². The number of nitrogens with zero attached hydrogens (tertiary/aromatic N) is 1. The summed E-state index contributed by atoms with van der Waals surface area (Å²) >= 11 is 0. The zero-order chi connectivity index (χ0) is 12.3. The fourth-order valence-corrected chi connectivity index (χ4v) is 2.04. The molecule has 0 aliphatic carbocycles. The van der Waals surface area contributed by atoms with E-state index in [0.29, 0.717) is 6.54 Å². The lowest BCUT2D eigenvalue weighted by Crippen LogP contribution is -2.09. The van der Waals surface area contributed by atoms with Gasteiger partial charge in [-0.3, -0.25) is 4.98 Å². The van der Waals surface area contributed by atoms with E-state index in [2.05, 4.69) is 36.3 Å². The molecule has 0 saturated heterocycles. The third-order valence-corrected chi connectivity index (χ3v) is 3.00. The lowest BCUT2D eigenvalue weighted by atomic mass is 10.0. The fourth-order valence-electron chi connectivity index (χ4n) is 2.04. The number of pyridine rings is 1. The van der Waals surface area contributed by atoms with Crippen LogP contribution in [0.25, 0.3) is 10.9 Å². The van der Waals surface area contributed by atoms with Crippen LogP contribution in [0, 0.1) is 13.8 Å². The number of benzene rings is 1. The van der Waals surface area contributed by atoms with E-state index in [4.69, 9.17) is 5.73 Å². The van der Waals surface area contributed by atoms with E-state index >= 15 is 0 Å². The molecule has 2 aromatic rings. The molecule has 0 aliphatic rings. The zero-order valence-corrected chi connectivity index (χ0v) is 10.5. The van der Waals surface area contributed by atoms with Crippen molar-refractivity contribution >= 4 is 16.6 Å². The standard InChI is InChI=1S/C14H19N3/c1-10-4-5-11(2)14-13(10)12(6-9-17-14)16-8-3-7-15/h4-6,9H,3,7-8,15H2,1-2H3,(H,16,17). The molecule has 2 rings (SSSR count). The molecule has 0 saturated carbocycles. The van der Waals surface area contributed by atoms with E-state index in [-0.39, 0.29) is 0 Å². The number of aromatic nitrogens is 1. The van der Waals surface area contributed by atoms with Crippen molar-refractivity contribution in [1.29, 1.82) is 0 Å². The first kappa shape index (κ1) is 11.9. The van der Waals surface area contributed by atoms with Crippen molar-refractivity contribution in [3.8, 4) is 0 Å². The quantitative estimate of drug-likeness (QED) is 0.792. The average molecular weight is 229 g/mol. The monoisotopic (exact) mass is 229 g/mol. The Labute approximate surface area is 102 Å². The maximum atomic E-state index is 5.51. The molecule has 1 heterocycles. The highest BCUT2D eigenvalue weighted by atomic mass is 14.9. The van der Waals surface area contributed by atoms with Crippen molar-refractivity contribution in [1.82, 2.24) is 4.98 Å².